The Bertz CT molecular complexity index is 647. The van der Waals surface area contributed by atoms with Gasteiger partial charge in [0.05, 0.1) is 4.88 Å². The maximum Gasteiger partial charge on any atom is 0.156 e. The monoisotopic (exact) mass is 241 g/mol. The van der Waals surface area contributed by atoms with Crippen molar-refractivity contribution in [2.45, 2.75) is 0 Å². The maximum absolute atomic E-state index is 4.32. The fraction of sp³-hybridized carbons (Fsp3) is 0.0769. The number of thiophene rings is 1. The third-order valence-electron chi connectivity index (χ3n) is 2.68. The zero-order valence-corrected chi connectivity index (χ0v) is 10.2. The highest BCUT2D eigenvalue weighted by Crippen LogP contribution is 2.31. The van der Waals surface area contributed by atoms with Crippen molar-refractivity contribution in [1.82, 2.24) is 10.2 Å². The lowest BCUT2D eigenvalue weighted by Crippen LogP contribution is -1.97. The lowest BCUT2D eigenvalue weighted by molar-refractivity contribution is 1.06. The molecule has 0 amide bonds. The summed E-state index contributed by atoms with van der Waals surface area (Å²) in [5.41, 5.74) is 0.953. The van der Waals surface area contributed by atoms with Crippen LogP contribution in [0.2, 0.25) is 0 Å². The summed E-state index contributed by atoms with van der Waals surface area (Å²) >= 11 is 1.68. The van der Waals surface area contributed by atoms with E-state index < -0.39 is 0 Å². The van der Waals surface area contributed by atoms with E-state index >= 15 is 0 Å². The predicted molar refractivity (Wildman–Crippen MR) is 72.4 cm³/mol. The van der Waals surface area contributed by atoms with E-state index in [2.05, 4.69) is 39.1 Å². The summed E-state index contributed by atoms with van der Waals surface area (Å²) in [4.78, 5) is 1.15. The highest BCUT2D eigenvalue weighted by Gasteiger charge is 2.09. The Balaban J connectivity index is 2.34. The number of benzene rings is 1. The molecule has 84 valence electrons. The van der Waals surface area contributed by atoms with Crippen LogP contribution in [0.4, 0.5) is 5.82 Å². The minimum Gasteiger partial charge on any atom is -0.371 e. The lowest BCUT2D eigenvalue weighted by atomic mass is 10.1. The second-order valence-electron chi connectivity index (χ2n) is 3.67. The van der Waals surface area contributed by atoms with Crippen molar-refractivity contribution in [1.29, 1.82) is 0 Å². The number of hydrogen-bond donors (Lipinski definition) is 1. The van der Waals surface area contributed by atoms with E-state index in [1.54, 1.807) is 11.3 Å². The topological polar surface area (TPSA) is 37.8 Å². The van der Waals surface area contributed by atoms with Crippen molar-refractivity contribution >= 4 is 27.9 Å². The van der Waals surface area contributed by atoms with Gasteiger partial charge in [-0.15, -0.1) is 21.5 Å². The average molecular weight is 241 g/mol. The second kappa shape index (κ2) is 4.14. The van der Waals surface area contributed by atoms with Crippen LogP contribution in [-0.4, -0.2) is 17.2 Å². The molecule has 3 nitrogen and oxygen atoms in total. The molecule has 1 N–H and O–H groups in total. The van der Waals surface area contributed by atoms with Gasteiger partial charge in [-0.3, -0.25) is 0 Å². The van der Waals surface area contributed by atoms with Gasteiger partial charge in [-0.2, -0.15) is 0 Å². The van der Waals surface area contributed by atoms with E-state index in [9.17, 15) is 0 Å². The molecule has 0 aliphatic carbocycles. The molecule has 0 radical (unpaired) electrons. The Morgan fingerprint density at radius 2 is 1.82 bits per heavy atom. The Labute approximate surface area is 103 Å². The van der Waals surface area contributed by atoms with Crippen molar-refractivity contribution in [2.24, 2.45) is 0 Å². The molecule has 4 heteroatoms. The van der Waals surface area contributed by atoms with Gasteiger partial charge in [-0.25, -0.2) is 0 Å². The molecule has 3 aromatic rings. The fourth-order valence-electron chi connectivity index (χ4n) is 1.88. The number of anilines is 1. The normalized spacial score (nSPS) is 10.6. The van der Waals surface area contributed by atoms with E-state index in [-0.39, 0.29) is 0 Å². The smallest absolute Gasteiger partial charge is 0.156 e. The number of nitrogens with zero attached hydrogens (tertiary/aromatic N) is 2. The molecule has 0 aliphatic heterocycles. The van der Waals surface area contributed by atoms with Crippen molar-refractivity contribution in [3.63, 3.8) is 0 Å². The summed E-state index contributed by atoms with van der Waals surface area (Å²) in [7, 11) is 1.86. The third-order valence-corrected chi connectivity index (χ3v) is 3.56. The summed E-state index contributed by atoms with van der Waals surface area (Å²) < 4.78 is 0. The van der Waals surface area contributed by atoms with Crippen LogP contribution in [0.5, 0.6) is 0 Å². The molecular formula is C13H11N3S. The van der Waals surface area contributed by atoms with Crippen molar-refractivity contribution < 1.29 is 0 Å². The Hall–Kier alpha value is -1.94. The zero-order chi connectivity index (χ0) is 11.7. The first kappa shape index (κ1) is 10.2. The minimum absolute atomic E-state index is 0.820. The van der Waals surface area contributed by atoms with Gasteiger partial charge >= 0.3 is 0 Å². The number of fused-ring (bicyclic) bond motifs is 1. The molecule has 17 heavy (non-hydrogen) atoms. The van der Waals surface area contributed by atoms with E-state index in [0.717, 1.165) is 27.2 Å². The van der Waals surface area contributed by atoms with Crippen LogP contribution < -0.4 is 5.32 Å². The highest BCUT2D eigenvalue weighted by molar-refractivity contribution is 7.13. The van der Waals surface area contributed by atoms with E-state index in [4.69, 9.17) is 0 Å². The highest BCUT2D eigenvalue weighted by atomic mass is 32.1. The van der Waals surface area contributed by atoms with Crippen LogP contribution >= 0.6 is 11.3 Å². The van der Waals surface area contributed by atoms with Gasteiger partial charge in [0, 0.05) is 17.8 Å². The van der Waals surface area contributed by atoms with Gasteiger partial charge in [0.2, 0.25) is 0 Å². The van der Waals surface area contributed by atoms with Crippen LogP contribution in [-0.2, 0) is 0 Å². The van der Waals surface area contributed by atoms with Gasteiger partial charge in [-0.1, -0.05) is 30.3 Å². The number of aromatic nitrogens is 2. The van der Waals surface area contributed by atoms with Crippen LogP contribution in [0, 0.1) is 0 Å². The summed E-state index contributed by atoms with van der Waals surface area (Å²) in [5, 5.41) is 15.9. The molecule has 2 aromatic heterocycles. The lowest BCUT2D eigenvalue weighted by Gasteiger charge is -2.07. The van der Waals surface area contributed by atoms with E-state index in [1.165, 1.54) is 0 Å². The van der Waals surface area contributed by atoms with Crippen LogP contribution in [0.15, 0.2) is 41.8 Å². The van der Waals surface area contributed by atoms with Gasteiger partial charge in [0.15, 0.2) is 5.82 Å². The summed E-state index contributed by atoms with van der Waals surface area (Å²) in [6.07, 6.45) is 0. The Morgan fingerprint density at radius 1 is 1.00 bits per heavy atom. The van der Waals surface area contributed by atoms with Gasteiger partial charge in [-0.05, 0) is 11.4 Å². The number of rotatable bonds is 2. The molecule has 0 aliphatic rings. The summed E-state index contributed by atoms with van der Waals surface area (Å²) in [6.45, 7) is 0. The summed E-state index contributed by atoms with van der Waals surface area (Å²) in [5.74, 6) is 0.820. The van der Waals surface area contributed by atoms with Crippen molar-refractivity contribution in [3.05, 3.63) is 41.8 Å². The Morgan fingerprint density at radius 3 is 2.53 bits per heavy atom. The second-order valence-corrected chi connectivity index (χ2v) is 4.62. The number of hydrogen-bond acceptors (Lipinski definition) is 4. The largest absolute Gasteiger partial charge is 0.371 e. The molecule has 1 aromatic carbocycles. The van der Waals surface area contributed by atoms with Crippen LogP contribution in [0.3, 0.4) is 0 Å². The molecule has 0 bridgehead atoms. The quantitative estimate of drug-likeness (QED) is 0.747. The molecule has 0 fully saturated rings. The van der Waals surface area contributed by atoms with Gasteiger partial charge in [0.25, 0.3) is 0 Å². The Kier molecular flexibility index (Phi) is 2.49. The molecule has 0 spiro atoms. The van der Waals surface area contributed by atoms with E-state index in [1.807, 2.05) is 25.2 Å². The molecule has 0 saturated carbocycles. The number of nitrogens with one attached hydrogen (secondary N) is 1. The van der Waals surface area contributed by atoms with Gasteiger partial charge < -0.3 is 5.32 Å². The van der Waals surface area contributed by atoms with Crippen molar-refractivity contribution in [2.75, 3.05) is 12.4 Å². The predicted octanol–water partition coefficient (Wildman–Crippen LogP) is 3.40. The first-order chi connectivity index (χ1) is 8.40. The standard InChI is InChI=1S/C13H11N3S/c1-14-13-10-6-3-2-5-9(10)12(15-16-13)11-7-4-8-17-11/h2-8H,1H3,(H,14,16). The molecular weight excluding hydrogens is 230 g/mol. The van der Waals surface area contributed by atoms with Crippen molar-refractivity contribution in [3.8, 4) is 10.6 Å². The van der Waals surface area contributed by atoms with E-state index in [0.29, 0.717) is 0 Å². The first-order valence-corrected chi connectivity index (χ1v) is 6.25. The maximum atomic E-state index is 4.32. The van der Waals surface area contributed by atoms with Crippen LogP contribution in [0.25, 0.3) is 21.3 Å². The zero-order valence-electron chi connectivity index (χ0n) is 9.34. The van der Waals surface area contributed by atoms with Gasteiger partial charge in [0.1, 0.15) is 5.69 Å². The molecule has 0 saturated heterocycles. The summed E-state index contributed by atoms with van der Waals surface area (Å²) in [6, 6.07) is 12.3. The molecule has 3 rings (SSSR count). The first-order valence-electron chi connectivity index (χ1n) is 5.37. The minimum atomic E-state index is 0.820. The third kappa shape index (κ3) is 1.66. The van der Waals surface area contributed by atoms with Crippen LogP contribution in [0.1, 0.15) is 0 Å². The molecule has 0 atom stereocenters. The molecule has 0 unspecified atom stereocenters. The fourth-order valence-corrected chi connectivity index (χ4v) is 2.61. The molecule has 2 heterocycles. The average Bonchev–Trinajstić information content (AvgIpc) is 2.91. The SMILES string of the molecule is CNc1nnc(-c2cccs2)c2ccccc12.